The van der Waals surface area contributed by atoms with Gasteiger partial charge in [0.2, 0.25) is 0 Å². The van der Waals surface area contributed by atoms with Gasteiger partial charge in [-0.2, -0.15) is 5.10 Å². The zero-order chi connectivity index (χ0) is 24.0. The number of nitrogens with one attached hydrogen (secondary N) is 2. The molecule has 7 heteroatoms. The minimum Gasteiger partial charge on any atom is -0.484 e. The first-order valence-electron chi connectivity index (χ1n) is 11.2. The highest BCUT2D eigenvalue weighted by molar-refractivity contribution is 6.00. The summed E-state index contributed by atoms with van der Waals surface area (Å²) in [5.41, 5.74) is 5.54. The van der Waals surface area contributed by atoms with Gasteiger partial charge in [0.05, 0.1) is 6.21 Å². The van der Waals surface area contributed by atoms with Crippen molar-refractivity contribution in [1.29, 1.82) is 0 Å². The molecule has 3 aromatic rings. The van der Waals surface area contributed by atoms with Crippen LogP contribution in [-0.4, -0.2) is 35.2 Å². The molecule has 2 amide bonds. The summed E-state index contributed by atoms with van der Waals surface area (Å²) in [6, 6.07) is 15.1. The van der Waals surface area contributed by atoms with Gasteiger partial charge in [-0.15, -0.1) is 0 Å². The maximum absolute atomic E-state index is 12.7. The van der Waals surface area contributed by atoms with Gasteiger partial charge >= 0.3 is 0 Å². The Morgan fingerprint density at radius 3 is 2.45 bits per heavy atom. The predicted octanol–water partition coefficient (Wildman–Crippen LogP) is 4.20. The summed E-state index contributed by atoms with van der Waals surface area (Å²) in [5, 5.41) is 7.97. The average molecular weight is 449 g/mol. The molecule has 0 spiro atoms. The monoisotopic (exact) mass is 448 g/mol. The summed E-state index contributed by atoms with van der Waals surface area (Å²) in [4.78, 5) is 25.1. The molecule has 174 valence electrons. The molecule has 1 atom stereocenters. The summed E-state index contributed by atoms with van der Waals surface area (Å²) in [5.74, 6) is -0.219. The van der Waals surface area contributed by atoms with Crippen molar-refractivity contribution in [2.24, 2.45) is 11.0 Å². The van der Waals surface area contributed by atoms with E-state index in [1.54, 1.807) is 12.3 Å². The zero-order valence-electron chi connectivity index (χ0n) is 19.8. The first-order valence-corrected chi connectivity index (χ1v) is 11.2. The van der Waals surface area contributed by atoms with Crippen molar-refractivity contribution >= 4 is 28.9 Å². The van der Waals surface area contributed by atoms with Crippen LogP contribution in [0, 0.1) is 12.8 Å². The first kappa shape index (κ1) is 24.0. The van der Waals surface area contributed by atoms with E-state index in [0.717, 1.165) is 22.0 Å². The van der Waals surface area contributed by atoms with E-state index in [1.807, 2.05) is 63.4 Å². The van der Waals surface area contributed by atoms with Gasteiger partial charge in [0.1, 0.15) is 11.8 Å². The lowest BCUT2D eigenvalue weighted by Gasteiger charge is -2.20. The van der Waals surface area contributed by atoms with Crippen LogP contribution >= 0.6 is 0 Å². The average Bonchev–Trinajstić information content (AvgIpc) is 3.16. The molecule has 0 fully saturated rings. The number of rotatable bonds is 9. The fourth-order valence-electron chi connectivity index (χ4n) is 3.61. The fraction of sp³-hybridized carbons (Fsp3) is 0.346. The lowest BCUT2D eigenvalue weighted by Crippen LogP contribution is -2.49. The third-order valence-corrected chi connectivity index (χ3v) is 5.42. The summed E-state index contributed by atoms with van der Waals surface area (Å²) in [6.07, 6.45) is 3.66. The smallest absolute Gasteiger partial charge is 0.262 e. The number of carbonyl (C=O) groups excluding carboxylic acids is 2. The number of hydrogen-bond donors (Lipinski definition) is 2. The molecule has 7 nitrogen and oxygen atoms in total. The number of carbonyl (C=O) groups is 2. The van der Waals surface area contributed by atoms with E-state index in [2.05, 4.69) is 40.3 Å². The molecular formula is C26H32N4O3. The van der Waals surface area contributed by atoms with Crippen LogP contribution < -0.4 is 15.5 Å². The largest absolute Gasteiger partial charge is 0.484 e. The number of para-hydroxylation sites is 2. The van der Waals surface area contributed by atoms with Crippen LogP contribution in [0.25, 0.3) is 10.9 Å². The third kappa shape index (κ3) is 6.00. The van der Waals surface area contributed by atoms with Crippen molar-refractivity contribution in [3.8, 4) is 5.75 Å². The molecular weight excluding hydrogens is 416 g/mol. The van der Waals surface area contributed by atoms with Gasteiger partial charge in [-0.3, -0.25) is 9.59 Å². The number of nitrogens with zero attached hydrogens (tertiary/aromatic N) is 2. The first-order chi connectivity index (χ1) is 15.8. The molecule has 0 aliphatic carbocycles. The molecule has 2 N–H and O–H groups in total. The maximum atomic E-state index is 12.7. The molecule has 0 saturated heterocycles. The van der Waals surface area contributed by atoms with Gasteiger partial charge < -0.3 is 14.6 Å². The second kappa shape index (κ2) is 10.8. The Morgan fingerprint density at radius 2 is 1.76 bits per heavy atom. The predicted molar refractivity (Wildman–Crippen MR) is 132 cm³/mol. The summed E-state index contributed by atoms with van der Waals surface area (Å²) >= 11 is 0. The van der Waals surface area contributed by atoms with Crippen LogP contribution in [0.2, 0.25) is 0 Å². The Bertz CT molecular complexity index is 1150. The second-order valence-electron chi connectivity index (χ2n) is 8.68. The SMILES string of the molecule is Cc1ccccc1OCC(=O)N[C@@H](C(=O)N/N=C\c1cn(C(C)C)c2ccccc12)C(C)C. The maximum Gasteiger partial charge on any atom is 0.262 e. The van der Waals surface area contributed by atoms with Crippen molar-refractivity contribution in [2.45, 2.75) is 46.7 Å². The van der Waals surface area contributed by atoms with E-state index in [4.69, 9.17) is 4.74 Å². The minimum atomic E-state index is -0.730. The lowest BCUT2D eigenvalue weighted by molar-refractivity contribution is -0.131. The highest BCUT2D eigenvalue weighted by atomic mass is 16.5. The van der Waals surface area contributed by atoms with E-state index in [0.29, 0.717) is 11.8 Å². The van der Waals surface area contributed by atoms with Crippen molar-refractivity contribution in [3.63, 3.8) is 0 Å². The van der Waals surface area contributed by atoms with Gasteiger partial charge in [-0.05, 0) is 44.4 Å². The van der Waals surface area contributed by atoms with Gasteiger partial charge in [-0.1, -0.05) is 50.2 Å². The minimum absolute atomic E-state index is 0.120. The Morgan fingerprint density at radius 1 is 1.06 bits per heavy atom. The normalized spacial score (nSPS) is 12.5. The molecule has 2 aromatic carbocycles. The number of fused-ring (bicyclic) bond motifs is 1. The molecule has 0 bridgehead atoms. The number of hydrazone groups is 1. The Kier molecular flexibility index (Phi) is 7.87. The van der Waals surface area contributed by atoms with E-state index in [-0.39, 0.29) is 24.3 Å². The van der Waals surface area contributed by atoms with Crippen LogP contribution in [0.1, 0.15) is 44.9 Å². The van der Waals surface area contributed by atoms with Gasteiger partial charge in [0.25, 0.3) is 11.8 Å². The molecule has 0 unspecified atom stereocenters. The topological polar surface area (TPSA) is 84.7 Å². The highest BCUT2D eigenvalue weighted by Crippen LogP contribution is 2.23. The van der Waals surface area contributed by atoms with Gasteiger partial charge in [-0.25, -0.2) is 5.43 Å². The Balaban J connectivity index is 1.62. The standard InChI is InChI=1S/C26H32N4O3/c1-17(2)25(28-24(31)16-33-23-13-9-6-10-19(23)5)26(32)29-27-14-20-15-30(18(3)4)22-12-8-7-11-21(20)22/h6-15,17-18,25H,16H2,1-5H3,(H,28,31)(H,29,32)/b27-14-/t25-/m1/s1. The number of aryl methyl sites for hydroxylation is 1. The molecule has 0 aliphatic rings. The summed E-state index contributed by atoms with van der Waals surface area (Å²) in [6.45, 7) is 9.72. The van der Waals surface area contributed by atoms with Crippen LogP contribution in [-0.2, 0) is 9.59 Å². The number of amides is 2. The van der Waals surface area contributed by atoms with Crippen molar-refractivity contribution in [1.82, 2.24) is 15.3 Å². The molecule has 0 radical (unpaired) electrons. The second-order valence-corrected chi connectivity index (χ2v) is 8.68. The van der Waals surface area contributed by atoms with Crippen LogP contribution in [0.4, 0.5) is 0 Å². The summed E-state index contributed by atoms with van der Waals surface area (Å²) < 4.78 is 7.76. The zero-order valence-corrected chi connectivity index (χ0v) is 19.8. The Hall–Kier alpha value is -3.61. The van der Waals surface area contributed by atoms with Crippen molar-refractivity contribution < 1.29 is 14.3 Å². The van der Waals surface area contributed by atoms with E-state index < -0.39 is 6.04 Å². The molecule has 1 aromatic heterocycles. The molecule has 1 heterocycles. The van der Waals surface area contributed by atoms with E-state index >= 15 is 0 Å². The lowest BCUT2D eigenvalue weighted by atomic mass is 10.0. The summed E-state index contributed by atoms with van der Waals surface area (Å²) in [7, 11) is 0. The van der Waals surface area contributed by atoms with Crippen LogP contribution in [0.15, 0.2) is 59.8 Å². The molecule has 3 rings (SSSR count). The highest BCUT2D eigenvalue weighted by Gasteiger charge is 2.24. The molecule has 0 saturated carbocycles. The number of benzene rings is 2. The molecule has 33 heavy (non-hydrogen) atoms. The Labute approximate surface area is 194 Å². The van der Waals surface area contributed by atoms with Crippen LogP contribution in [0.5, 0.6) is 5.75 Å². The van der Waals surface area contributed by atoms with Crippen molar-refractivity contribution in [2.75, 3.05) is 6.61 Å². The van der Waals surface area contributed by atoms with Gasteiger partial charge in [0, 0.05) is 28.7 Å². The third-order valence-electron chi connectivity index (χ3n) is 5.42. The van der Waals surface area contributed by atoms with Gasteiger partial charge in [0.15, 0.2) is 6.61 Å². The van der Waals surface area contributed by atoms with E-state index in [1.165, 1.54) is 0 Å². The van der Waals surface area contributed by atoms with Crippen LogP contribution in [0.3, 0.4) is 0 Å². The number of ether oxygens (including phenoxy) is 1. The van der Waals surface area contributed by atoms with Crippen molar-refractivity contribution in [3.05, 3.63) is 65.9 Å². The quantitative estimate of drug-likeness (QED) is 0.380. The fourth-order valence-corrected chi connectivity index (χ4v) is 3.61. The number of hydrogen-bond acceptors (Lipinski definition) is 4. The molecule has 0 aliphatic heterocycles. The number of aromatic nitrogens is 1. The van der Waals surface area contributed by atoms with E-state index in [9.17, 15) is 9.59 Å².